The van der Waals surface area contributed by atoms with Gasteiger partial charge in [-0.1, -0.05) is 6.08 Å². The molecule has 0 saturated heterocycles. The molecule has 0 unspecified atom stereocenters. The molecule has 0 saturated carbocycles. The Morgan fingerprint density at radius 2 is 2.25 bits per heavy atom. The fraction of sp³-hybridized carbons (Fsp3) is 0.0833. The highest BCUT2D eigenvalue weighted by Crippen LogP contribution is 2.22. The topological polar surface area (TPSA) is 17.1 Å². The summed E-state index contributed by atoms with van der Waals surface area (Å²) in [6, 6.07) is 3.96. The van der Waals surface area contributed by atoms with Gasteiger partial charge in [0.05, 0.1) is 8.66 Å². The highest BCUT2D eigenvalue weighted by atomic mass is 79.9. The molecule has 0 bridgehead atoms. The maximum atomic E-state index is 11.8. The quantitative estimate of drug-likeness (QED) is 0.589. The first kappa shape index (κ1) is 11.8. The molecule has 1 nitrogen and oxygen atoms in total. The van der Waals surface area contributed by atoms with Crippen LogP contribution in [0.1, 0.15) is 20.8 Å². The highest BCUT2D eigenvalue weighted by molar-refractivity contribution is 9.11. The number of hydrogen-bond donors (Lipinski definition) is 0. The van der Waals surface area contributed by atoms with Gasteiger partial charge < -0.3 is 0 Å². The van der Waals surface area contributed by atoms with Crippen LogP contribution in [-0.2, 0) is 0 Å². The van der Waals surface area contributed by atoms with Crippen LogP contribution in [0.5, 0.6) is 0 Å². The third-order valence-corrected chi connectivity index (χ3v) is 4.65. The summed E-state index contributed by atoms with van der Waals surface area (Å²) in [6.45, 7) is 1.96. The van der Waals surface area contributed by atoms with E-state index in [-0.39, 0.29) is 5.78 Å². The standard InChI is InChI=1S/C12H9BrOS2/c1-8-4-5-15-12(8)10(14)3-2-9-6-11(13)16-7-9/h2-7H,1H3. The molecule has 2 rings (SSSR count). The SMILES string of the molecule is Cc1ccsc1C(=O)C=Cc1csc(Br)c1. The van der Waals surface area contributed by atoms with E-state index in [1.54, 1.807) is 17.4 Å². The van der Waals surface area contributed by atoms with Crippen molar-refractivity contribution in [3.8, 4) is 0 Å². The summed E-state index contributed by atoms with van der Waals surface area (Å²) < 4.78 is 1.08. The molecule has 0 N–H and O–H groups in total. The molecular formula is C12H9BrOS2. The second-order valence-electron chi connectivity index (χ2n) is 3.31. The van der Waals surface area contributed by atoms with Gasteiger partial charge in [0.2, 0.25) is 0 Å². The summed E-state index contributed by atoms with van der Waals surface area (Å²) in [6.07, 6.45) is 3.48. The third kappa shape index (κ3) is 2.70. The van der Waals surface area contributed by atoms with E-state index in [0.717, 1.165) is 19.8 Å². The average Bonchev–Trinajstić information content (AvgIpc) is 2.84. The molecule has 0 aliphatic carbocycles. The van der Waals surface area contributed by atoms with Crippen molar-refractivity contribution in [2.24, 2.45) is 0 Å². The van der Waals surface area contributed by atoms with E-state index in [0.29, 0.717) is 0 Å². The lowest BCUT2D eigenvalue weighted by Gasteiger charge is -1.91. The minimum atomic E-state index is 0.0785. The first-order valence-electron chi connectivity index (χ1n) is 4.67. The van der Waals surface area contributed by atoms with Crippen molar-refractivity contribution in [2.45, 2.75) is 6.92 Å². The smallest absolute Gasteiger partial charge is 0.196 e. The number of ketones is 1. The van der Waals surface area contributed by atoms with Crippen molar-refractivity contribution in [2.75, 3.05) is 0 Å². The minimum absolute atomic E-state index is 0.0785. The van der Waals surface area contributed by atoms with Crippen molar-refractivity contribution >= 4 is 50.5 Å². The van der Waals surface area contributed by atoms with Crippen molar-refractivity contribution in [1.82, 2.24) is 0 Å². The Morgan fingerprint density at radius 3 is 2.81 bits per heavy atom. The molecular weight excluding hydrogens is 304 g/mol. The van der Waals surface area contributed by atoms with E-state index >= 15 is 0 Å². The number of allylic oxidation sites excluding steroid dienone is 1. The molecule has 0 atom stereocenters. The Bertz CT molecular complexity index is 537. The van der Waals surface area contributed by atoms with Crippen LogP contribution in [0.4, 0.5) is 0 Å². The van der Waals surface area contributed by atoms with Gasteiger partial charge >= 0.3 is 0 Å². The van der Waals surface area contributed by atoms with Crippen LogP contribution in [0.15, 0.2) is 32.8 Å². The van der Waals surface area contributed by atoms with Crippen molar-refractivity contribution in [1.29, 1.82) is 0 Å². The van der Waals surface area contributed by atoms with Crippen molar-refractivity contribution in [3.05, 3.63) is 48.8 Å². The number of rotatable bonds is 3. The average molecular weight is 313 g/mol. The number of halogens is 1. The summed E-state index contributed by atoms with van der Waals surface area (Å²) in [5.41, 5.74) is 2.10. The van der Waals surface area contributed by atoms with Gasteiger partial charge in [-0.25, -0.2) is 0 Å². The molecule has 0 aromatic carbocycles. The van der Waals surface area contributed by atoms with E-state index in [1.807, 2.05) is 35.9 Å². The first-order valence-corrected chi connectivity index (χ1v) is 7.22. The third-order valence-electron chi connectivity index (χ3n) is 2.10. The van der Waals surface area contributed by atoms with E-state index in [2.05, 4.69) is 15.9 Å². The number of aryl methyl sites for hydroxylation is 1. The molecule has 0 radical (unpaired) electrons. The number of hydrogen-bond acceptors (Lipinski definition) is 3. The molecule has 0 fully saturated rings. The van der Waals surface area contributed by atoms with Crippen LogP contribution < -0.4 is 0 Å². The fourth-order valence-electron chi connectivity index (χ4n) is 1.28. The molecule has 2 aromatic rings. The van der Waals surface area contributed by atoms with E-state index in [1.165, 1.54) is 11.3 Å². The molecule has 0 spiro atoms. The molecule has 16 heavy (non-hydrogen) atoms. The zero-order valence-electron chi connectivity index (χ0n) is 8.57. The van der Waals surface area contributed by atoms with Gasteiger partial charge in [0.25, 0.3) is 0 Å². The Morgan fingerprint density at radius 1 is 1.44 bits per heavy atom. The molecule has 0 aliphatic rings. The summed E-state index contributed by atoms with van der Waals surface area (Å²) in [5, 5.41) is 3.95. The zero-order valence-corrected chi connectivity index (χ0v) is 11.8. The Hall–Kier alpha value is -0.710. The summed E-state index contributed by atoms with van der Waals surface area (Å²) in [4.78, 5) is 12.6. The summed E-state index contributed by atoms with van der Waals surface area (Å²) in [7, 11) is 0. The fourth-order valence-corrected chi connectivity index (χ4v) is 3.27. The largest absolute Gasteiger partial charge is 0.288 e. The Kier molecular flexibility index (Phi) is 3.74. The second-order valence-corrected chi connectivity index (χ2v) is 6.52. The van der Waals surface area contributed by atoms with E-state index in [4.69, 9.17) is 0 Å². The molecule has 4 heteroatoms. The van der Waals surface area contributed by atoms with Gasteiger partial charge in [0.1, 0.15) is 0 Å². The summed E-state index contributed by atoms with van der Waals surface area (Å²) >= 11 is 6.50. The second kappa shape index (κ2) is 5.08. The molecule has 2 heterocycles. The van der Waals surface area contributed by atoms with Gasteiger partial charge in [-0.2, -0.15) is 0 Å². The summed E-state index contributed by atoms with van der Waals surface area (Å²) in [5.74, 6) is 0.0785. The number of carbonyl (C=O) groups is 1. The van der Waals surface area contributed by atoms with E-state index < -0.39 is 0 Å². The van der Waals surface area contributed by atoms with Crippen LogP contribution in [0.3, 0.4) is 0 Å². The lowest BCUT2D eigenvalue weighted by Crippen LogP contribution is -1.91. The van der Waals surface area contributed by atoms with Crippen molar-refractivity contribution in [3.63, 3.8) is 0 Å². The zero-order chi connectivity index (χ0) is 11.5. The Labute approximate surface area is 111 Å². The van der Waals surface area contributed by atoms with Gasteiger partial charge in [0.15, 0.2) is 5.78 Å². The van der Waals surface area contributed by atoms with E-state index in [9.17, 15) is 4.79 Å². The normalized spacial score (nSPS) is 11.1. The van der Waals surface area contributed by atoms with Crippen molar-refractivity contribution < 1.29 is 4.79 Å². The first-order chi connectivity index (χ1) is 7.66. The lowest BCUT2D eigenvalue weighted by molar-refractivity contribution is 0.105. The predicted octanol–water partition coefficient (Wildman–Crippen LogP) is 4.78. The lowest BCUT2D eigenvalue weighted by atomic mass is 10.2. The number of thiophene rings is 2. The maximum Gasteiger partial charge on any atom is 0.196 e. The van der Waals surface area contributed by atoms with Crippen LogP contribution in [0.2, 0.25) is 0 Å². The van der Waals surface area contributed by atoms with Gasteiger partial charge in [0, 0.05) is 0 Å². The molecule has 0 amide bonds. The highest BCUT2D eigenvalue weighted by Gasteiger charge is 2.06. The predicted molar refractivity (Wildman–Crippen MR) is 74.4 cm³/mol. The minimum Gasteiger partial charge on any atom is -0.288 e. The molecule has 2 aromatic heterocycles. The monoisotopic (exact) mass is 312 g/mol. The molecule has 82 valence electrons. The van der Waals surface area contributed by atoms with Crippen LogP contribution in [-0.4, -0.2) is 5.78 Å². The van der Waals surface area contributed by atoms with Crippen LogP contribution in [0, 0.1) is 6.92 Å². The maximum absolute atomic E-state index is 11.8. The molecule has 0 aliphatic heterocycles. The number of carbonyl (C=O) groups excluding carboxylic acids is 1. The van der Waals surface area contributed by atoms with Crippen LogP contribution in [0.25, 0.3) is 6.08 Å². The van der Waals surface area contributed by atoms with Gasteiger partial charge in [-0.05, 0) is 62.9 Å². The van der Waals surface area contributed by atoms with Gasteiger partial charge in [-0.15, -0.1) is 22.7 Å². The Balaban J connectivity index is 2.14. The van der Waals surface area contributed by atoms with Gasteiger partial charge in [-0.3, -0.25) is 4.79 Å². The van der Waals surface area contributed by atoms with Crippen LogP contribution >= 0.6 is 38.6 Å².